The highest BCUT2D eigenvalue weighted by molar-refractivity contribution is 5.88. The Labute approximate surface area is 112 Å². The zero-order chi connectivity index (χ0) is 13.8. The van der Waals surface area contributed by atoms with Crippen LogP contribution >= 0.6 is 0 Å². The average Bonchev–Trinajstić information content (AvgIpc) is 2.77. The van der Waals surface area contributed by atoms with E-state index in [0.717, 1.165) is 5.56 Å². The predicted molar refractivity (Wildman–Crippen MR) is 72.9 cm³/mol. The summed E-state index contributed by atoms with van der Waals surface area (Å²) < 4.78 is 4.90. The van der Waals surface area contributed by atoms with Crippen LogP contribution in [0, 0.1) is 13.8 Å². The Kier molecular flexibility index (Phi) is 3.85. The summed E-state index contributed by atoms with van der Waals surface area (Å²) in [5.41, 5.74) is 2.29. The van der Waals surface area contributed by atoms with Crippen molar-refractivity contribution in [3.63, 3.8) is 0 Å². The third-order valence-corrected chi connectivity index (χ3v) is 2.88. The van der Waals surface area contributed by atoms with E-state index < -0.39 is 0 Å². The van der Waals surface area contributed by atoms with E-state index >= 15 is 0 Å². The van der Waals surface area contributed by atoms with Crippen molar-refractivity contribution in [3.05, 3.63) is 47.2 Å². The number of hydrogen-bond donors (Lipinski definition) is 1. The van der Waals surface area contributed by atoms with E-state index in [9.17, 15) is 4.79 Å². The minimum Gasteiger partial charge on any atom is -0.360 e. The molecule has 5 nitrogen and oxygen atoms in total. The Morgan fingerprint density at radius 3 is 2.74 bits per heavy atom. The summed E-state index contributed by atoms with van der Waals surface area (Å²) in [5, 5.41) is 6.41. The molecule has 0 saturated heterocycles. The summed E-state index contributed by atoms with van der Waals surface area (Å²) >= 11 is 0. The number of carbonyl (C=O) groups excluding carboxylic acids is 1. The first-order valence-corrected chi connectivity index (χ1v) is 6.06. The van der Waals surface area contributed by atoms with Crippen LogP contribution in [0.1, 0.15) is 16.9 Å². The largest absolute Gasteiger partial charge is 0.360 e. The molecule has 0 unspecified atom stereocenters. The molecule has 1 N–H and O–H groups in total. The second-order valence-electron chi connectivity index (χ2n) is 4.54. The highest BCUT2D eigenvalue weighted by atomic mass is 16.5. The summed E-state index contributed by atoms with van der Waals surface area (Å²) in [7, 11) is 1.74. The number of nitrogens with one attached hydrogen (secondary N) is 1. The molecule has 0 aliphatic rings. The maximum Gasteiger partial charge on any atom is 0.323 e. The van der Waals surface area contributed by atoms with Gasteiger partial charge in [0.1, 0.15) is 5.76 Å². The van der Waals surface area contributed by atoms with Crippen LogP contribution < -0.4 is 5.32 Å². The second-order valence-corrected chi connectivity index (χ2v) is 4.54. The lowest BCUT2D eigenvalue weighted by Crippen LogP contribution is -2.31. The number of amides is 2. The molecule has 2 aromatic rings. The maximum atomic E-state index is 12.0. The molecule has 0 aliphatic carbocycles. The van der Waals surface area contributed by atoms with E-state index in [2.05, 4.69) is 10.5 Å². The van der Waals surface area contributed by atoms with Crippen molar-refractivity contribution in [2.24, 2.45) is 0 Å². The quantitative estimate of drug-likeness (QED) is 0.921. The Balaban J connectivity index is 1.98. The third-order valence-electron chi connectivity index (χ3n) is 2.88. The zero-order valence-corrected chi connectivity index (χ0v) is 11.3. The molecule has 0 aliphatic heterocycles. The van der Waals surface area contributed by atoms with Gasteiger partial charge in [0, 0.05) is 19.7 Å². The number of rotatable bonds is 3. The van der Waals surface area contributed by atoms with Crippen molar-refractivity contribution < 1.29 is 9.32 Å². The van der Waals surface area contributed by atoms with Crippen molar-refractivity contribution in [2.45, 2.75) is 20.4 Å². The van der Waals surface area contributed by atoms with Crippen LogP contribution in [0.2, 0.25) is 0 Å². The number of carbonyl (C=O) groups is 1. The molecule has 0 fully saturated rings. The van der Waals surface area contributed by atoms with Gasteiger partial charge in [-0.2, -0.15) is 0 Å². The molecular formula is C14H17N3O2. The second kappa shape index (κ2) is 5.56. The van der Waals surface area contributed by atoms with Crippen LogP contribution in [0.25, 0.3) is 0 Å². The molecule has 0 bridgehead atoms. The first-order chi connectivity index (χ1) is 9.06. The molecule has 0 saturated carbocycles. The Morgan fingerprint density at radius 1 is 1.37 bits per heavy atom. The lowest BCUT2D eigenvalue weighted by Gasteiger charge is -2.18. The normalized spacial score (nSPS) is 10.3. The molecule has 0 spiro atoms. The number of aryl methyl sites for hydroxylation is 2. The van der Waals surface area contributed by atoms with Crippen molar-refractivity contribution in [1.82, 2.24) is 10.1 Å². The van der Waals surface area contributed by atoms with E-state index in [1.807, 2.05) is 31.2 Å². The Hall–Kier alpha value is -2.30. The average molecular weight is 259 g/mol. The predicted octanol–water partition coefficient (Wildman–Crippen LogP) is 2.96. The molecule has 1 aromatic carbocycles. The SMILES string of the molecule is Cc1cc(NC(=O)N(C)Cc2ccccc2C)no1. The van der Waals surface area contributed by atoms with E-state index in [1.54, 1.807) is 24.9 Å². The van der Waals surface area contributed by atoms with Crippen LogP contribution in [-0.2, 0) is 6.54 Å². The molecule has 0 radical (unpaired) electrons. The van der Waals surface area contributed by atoms with Crippen molar-refractivity contribution in [1.29, 1.82) is 0 Å². The lowest BCUT2D eigenvalue weighted by atomic mass is 10.1. The third kappa shape index (κ3) is 3.34. The minimum absolute atomic E-state index is 0.212. The van der Waals surface area contributed by atoms with Crippen LogP contribution in [-0.4, -0.2) is 23.1 Å². The smallest absolute Gasteiger partial charge is 0.323 e. The van der Waals surface area contributed by atoms with Crippen molar-refractivity contribution in [3.8, 4) is 0 Å². The summed E-state index contributed by atoms with van der Waals surface area (Å²) in [6, 6.07) is 9.46. The first kappa shape index (κ1) is 13.1. The standard InChI is InChI=1S/C14H17N3O2/c1-10-6-4-5-7-12(10)9-17(3)14(18)15-13-8-11(2)19-16-13/h4-8H,9H2,1-3H3,(H,15,16,18). The maximum absolute atomic E-state index is 12.0. The topological polar surface area (TPSA) is 58.4 Å². The van der Waals surface area contributed by atoms with Crippen molar-refractivity contribution >= 4 is 11.8 Å². The number of nitrogens with zero attached hydrogens (tertiary/aromatic N) is 2. The number of aromatic nitrogens is 1. The highest BCUT2D eigenvalue weighted by Crippen LogP contribution is 2.11. The Morgan fingerprint density at radius 2 is 2.11 bits per heavy atom. The van der Waals surface area contributed by atoms with Crippen LogP contribution in [0.5, 0.6) is 0 Å². The van der Waals surface area contributed by atoms with E-state index in [4.69, 9.17) is 4.52 Å². The molecule has 0 atom stereocenters. The van der Waals surface area contributed by atoms with Crippen LogP contribution in [0.3, 0.4) is 0 Å². The number of anilines is 1. The fourth-order valence-electron chi connectivity index (χ4n) is 1.75. The molecule has 5 heteroatoms. The summed E-state index contributed by atoms with van der Waals surface area (Å²) in [6.45, 7) is 4.36. The van der Waals surface area contributed by atoms with Gasteiger partial charge in [-0.05, 0) is 25.0 Å². The zero-order valence-electron chi connectivity index (χ0n) is 11.3. The van der Waals surface area contributed by atoms with Crippen LogP contribution in [0.15, 0.2) is 34.9 Å². The fourth-order valence-corrected chi connectivity index (χ4v) is 1.75. The van der Waals surface area contributed by atoms with Gasteiger partial charge >= 0.3 is 6.03 Å². The van der Waals surface area contributed by atoms with Gasteiger partial charge in [-0.25, -0.2) is 4.79 Å². The molecular weight excluding hydrogens is 242 g/mol. The van der Waals surface area contributed by atoms with Crippen molar-refractivity contribution in [2.75, 3.05) is 12.4 Å². The fraction of sp³-hybridized carbons (Fsp3) is 0.286. The van der Waals surface area contributed by atoms with Gasteiger partial charge in [0.25, 0.3) is 0 Å². The summed E-state index contributed by atoms with van der Waals surface area (Å²) in [5.74, 6) is 1.09. The number of hydrogen-bond acceptors (Lipinski definition) is 3. The van der Waals surface area contributed by atoms with Gasteiger partial charge in [0.2, 0.25) is 0 Å². The highest BCUT2D eigenvalue weighted by Gasteiger charge is 2.12. The summed E-state index contributed by atoms with van der Waals surface area (Å²) in [6.07, 6.45) is 0. The monoisotopic (exact) mass is 259 g/mol. The number of benzene rings is 1. The lowest BCUT2D eigenvalue weighted by molar-refractivity contribution is 0.220. The molecule has 19 heavy (non-hydrogen) atoms. The van der Waals surface area contributed by atoms with Gasteiger partial charge in [-0.3, -0.25) is 5.32 Å². The van der Waals surface area contributed by atoms with E-state index in [0.29, 0.717) is 18.1 Å². The summed E-state index contributed by atoms with van der Waals surface area (Å²) in [4.78, 5) is 13.6. The van der Waals surface area contributed by atoms with Gasteiger partial charge < -0.3 is 9.42 Å². The number of urea groups is 1. The minimum atomic E-state index is -0.212. The molecule has 1 aromatic heterocycles. The molecule has 1 heterocycles. The van der Waals surface area contributed by atoms with E-state index in [1.165, 1.54) is 5.56 Å². The van der Waals surface area contributed by atoms with Gasteiger partial charge in [0.15, 0.2) is 5.82 Å². The van der Waals surface area contributed by atoms with Gasteiger partial charge in [-0.1, -0.05) is 29.4 Å². The molecule has 2 rings (SSSR count). The van der Waals surface area contributed by atoms with Gasteiger partial charge in [-0.15, -0.1) is 0 Å². The van der Waals surface area contributed by atoms with E-state index in [-0.39, 0.29) is 6.03 Å². The Bertz CT molecular complexity index is 578. The van der Waals surface area contributed by atoms with Crippen LogP contribution in [0.4, 0.5) is 10.6 Å². The molecule has 2 amide bonds. The van der Waals surface area contributed by atoms with Gasteiger partial charge in [0.05, 0.1) is 0 Å². The molecule has 100 valence electrons. The first-order valence-electron chi connectivity index (χ1n) is 6.06.